The lowest BCUT2D eigenvalue weighted by Gasteiger charge is -2.26. The predicted molar refractivity (Wildman–Crippen MR) is 148 cm³/mol. The van der Waals surface area contributed by atoms with Crippen molar-refractivity contribution in [3.05, 3.63) is 53.1 Å². The van der Waals surface area contributed by atoms with E-state index in [-0.39, 0.29) is 35.9 Å². The zero-order valence-corrected chi connectivity index (χ0v) is 23.2. The maximum Gasteiger partial charge on any atom is 0.261 e. The molecule has 1 aliphatic carbocycles. The number of sulfone groups is 1. The maximum absolute atomic E-state index is 14.3. The fourth-order valence-electron chi connectivity index (χ4n) is 4.73. The molecular weight excluding hydrogens is 566 g/mol. The second-order valence-electron chi connectivity index (χ2n) is 9.57. The topological polar surface area (TPSA) is 150 Å². The fourth-order valence-corrected chi connectivity index (χ4v) is 7.25. The summed E-state index contributed by atoms with van der Waals surface area (Å²) in [6, 6.07) is 6.92. The lowest BCUT2D eigenvalue weighted by atomic mass is 10.1. The first-order valence-corrected chi connectivity index (χ1v) is 15.8. The molecule has 3 aromatic rings. The standard InChI is InChI=1S/C25H28F2N6O5S2/c1-38-24-21(31-40(36,37)23-5-3-18(26)14-19(23)27)12-17(15-29-24)16-2-4-20-22(13-16)33(25(28)30-20)7-6-32-8-10-39(34,35)11-9-32/h2,4,12-15,31H,3,5-11H2,1H3,(H2,28,30). The first-order valence-electron chi connectivity index (χ1n) is 12.5. The Hall–Kier alpha value is -3.56. The number of benzene rings is 1. The highest BCUT2D eigenvalue weighted by atomic mass is 32.2. The average Bonchev–Trinajstić information content (AvgIpc) is 3.21. The molecule has 15 heteroatoms. The number of imidazole rings is 1. The van der Waals surface area contributed by atoms with Gasteiger partial charge in [0.1, 0.15) is 22.2 Å². The van der Waals surface area contributed by atoms with Crippen LogP contribution in [0.1, 0.15) is 12.8 Å². The molecular formula is C25H28F2N6O5S2. The first kappa shape index (κ1) is 28.0. The highest BCUT2D eigenvalue weighted by Crippen LogP contribution is 2.34. The van der Waals surface area contributed by atoms with E-state index in [1.807, 2.05) is 10.6 Å². The van der Waals surface area contributed by atoms with Gasteiger partial charge in [-0.05, 0) is 30.2 Å². The molecule has 2 aliphatic rings. The van der Waals surface area contributed by atoms with E-state index in [0.29, 0.717) is 54.8 Å². The van der Waals surface area contributed by atoms with Crippen molar-refractivity contribution in [1.29, 1.82) is 0 Å². The van der Waals surface area contributed by atoms with Crippen LogP contribution in [0.4, 0.5) is 20.4 Å². The number of sulfonamides is 1. The molecule has 1 fully saturated rings. The number of ether oxygens (including phenoxy) is 1. The van der Waals surface area contributed by atoms with Gasteiger partial charge in [-0.25, -0.2) is 35.6 Å². The van der Waals surface area contributed by atoms with Gasteiger partial charge in [-0.2, -0.15) is 0 Å². The van der Waals surface area contributed by atoms with E-state index in [9.17, 15) is 25.6 Å². The summed E-state index contributed by atoms with van der Waals surface area (Å²) in [5.41, 5.74) is 8.80. The van der Waals surface area contributed by atoms with Gasteiger partial charge in [0.2, 0.25) is 11.8 Å². The molecule has 5 rings (SSSR count). The van der Waals surface area contributed by atoms with Gasteiger partial charge in [-0.3, -0.25) is 9.62 Å². The van der Waals surface area contributed by atoms with Gasteiger partial charge in [0.25, 0.3) is 10.0 Å². The highest BCUT2D eigenvalue weighted by molar-refractivity contribution is 7.96. The monoisotopic (exact) mass is 594 g/mol. The number of hydrogen-bond donors (Lipinski definition) is 2. The molecule has 1 aliphatic heterocycles. The Bertz CT molecular complexity index is 1740. The van der Waals surface area contributed by atoms with Gasteiger partial charge in [0.05, 0.1) is 29.6 Å². The number of hydrogen-bond acceptors (Lipinski definition) is 9. The summed E-state index contributed by atoms with van der Waals surface area (Å²) in [4.78, 5) is 10.2. The molecule has 214 valence electrons. The number of nitrogens with two attached hydrogens (primary N) is 1. The molecule has 3 N–H and O–H groups in total. The zero-order chi connectivity index (χ0) is 28.7. The normalized spacial score (nSPS) is 18.1. The molecule has 1 saturated heterocycles. The molecule has 0 radical (unpaired) electrons. The number of nitrogens with zero attached hydrogens (tertiary/aromatic N) is 4. The van der Waals surface area contributed by atoms with Gasteiger partial charge in [-0.15, -0.1) is 0 Å². The van der Waals surface area contributed by atoms with Crippen molar-refractivity contribution in [3.8, 4) is 17.0 Å². The van der Waals surface area contributed by atoms with Crippen LogP contribution in [-0.4, -0.2) is 74.5 Å². The molecule has 0 spiro atoms. The van der Waals surface area contributed by atoms with Crippen molar-refractivity contribution in [3.63, 3.8) is 0 Å². The van der Waals surface area contributed by atoms with Crippen molar-refractivity contribution >= 4 is 42.5 Å². The molecule has 3 heterocycles. The van der Waals surface area contributed by atoms with E-state index in [1.54, 1.807) is 12.1 Å². The fraction of sp³-hybridized carbons (Fsp3) is 0.360. The van der Waals surface area contributed by atoms with E-state index >= 15 is 0 Å². The van der Waals surface area contributed by atoms with Crippen LogP contribution in [0.25, 0.3) is 22.2 Å². The van der Waals surface area contributed by atoms with Crippen LogP contribution in [0.15, 0.2) is 53.1 Å². The van der Waals surface area contributed by atoms with Crippen LogP contribution in [0, 0.1) is 0 Å². The summed E-state index contributed by atoms with van der Waals surface area (Å²) < 4.78 is 86.4. The van der Waals surface area contributed by atoms with Crippen LogP contribution in [0.5, 0.6) is 5.88 Å². The maximum atomic E-state index is 14.3. The number of nitrogen functional groups attached to an aromatic ring is 1. The Balaban J connectivity index is 1.43. The summed E-state index contributed by atoms with van der Waals surface area (Å²) >= 11 is 0. The number of methoxy groups -OCH3 is 1. The van der Waals surface area contributed by atoms with Crippen molar-refractivity contribution < 1.29 is 30.4 Å². The lowest BCUT2D eigenvalue weighted by molar-refractivity contribution is 0.285. The summed E-state index contributed by atoms with van der Waals surface area (Å²) in [5.74, 6) is -1.33. The van der Waals surface area contributed by atoms with E-state index in [1.165, 1.54) is 19.4 Å². The number of aromatic nitrogens is 3. The Morgan fingerprint density at radius 3 is 2.55 bits per heavy atom. The van der Waals surface area contributed by atoms with E-state index in [0.717, 1.165) is 5.52 Å². The van der Waals surface area contributed by atoms with Crippen LogP contribution in [-0.2, 0) is 26.4 Å². The van der Waals surface area contributed by atoms with Gasteiger partial charge in [0, 0.05) is 50.4 Å². The molecule has 1 aromatic carbocycles. The smallest absolute Gasteiger partial charge is 0.261 e. The van der Waals surface area contributed by atoms with Gasteiger partial charge in [-0.1, -0.05) is 6.07 Å². The zero-order valence-electron chi connectivity index (χ0n) is 21.6. The number of fused-ring (bicyclic) bond motifs is 1. The first-order chi connectivity index (χ1) is 19.0. The lowest BCUT2D eigenvalue weighted by Crippen LogP contribution is -2.41. The van der Waals surface area contributed by atoms with Gasteiger partial charge < -0.3 is 15.0 Å². The molecule has 0 unspecified atom stereocenters. The third-order valence-electron chi connectivity index (χ3n) is 6.94. The number of halogens is 2. The predicted octanol–water partition coefficient (Wildman–Crippen LogP) is 2.99. The molecule has 11 nitrogen and oxygen atoms in total. The van der Waals surface area contributed by atoms with Crippen LogP contribution < -0.4 is 15.2 Å². The van der Waals surface area contributed by atoms with Crippen molar-refractivity contribution in [2.45, 2.75) is 19.4 Å². The van der Waals surface area contributed by atoms with E-state index < -0.39 is 36.4 Å². The van der Waals surface area contributed by atoms with Crippen molar-refractivity contribution in [1.82, 2.24) is 19.4 Å². The summed E-state index contributed by atoms with van der Waals surface area (Å²) in [7, 11) is -6.01. The number of allylic oxidation sites excluding steroid dienone is 4. The van der Waals surface area contributed by atoms with Crippen molar-refractivity contribution in [2.24, 2.45) is 0 Å². The number of rotatable bonds is 8. The Kier molecular flexibility index (Phi) is 7.54. The minimum absolute atomic E-state index is 0.0107. The quantitative estimate of drug-likeness (QED) is 0.401. The Labute approximate surface area is 230 Å². The summed E-state index contributed by atoms with van der Waals surface area (Å²) in [6.45, 7) is 2.01. The highest BCUT2D eigenvalue weighted by Gasteiger charge is 2.27. The largest absolute Gasteiger partial charge is 0.480 e. The molecule has 40 heavy (non-hydrogen) atoms. The second kappa shape index (κ2) is 10.8. The Morgan fingerprint density at radius 2 is 1.85 bits per heavy atom. The molecule has 0 amide bonds. The van der Waals surface area contributed by atoms with Gasteiger partial charge >= 0.3 is 0 Å². The third kappa shape index (κ3) is 5.81. The van der Waals surface area contributed by atoms with Gasteiger partial charge in [0.15, 0.2) is 9.84 Å². The summed E-state index contributed by atoms with van der Waals surface area (Å²) in [5, 5.41) is 0. The number of pyridine rings is 1. The number of nitrogens with one attached hydrogen (secondary N) is 1. The van der Waals surface area contributed by atoms with E-state index in [4.69, 9.17) is 10.5 Å². The van der Waals surface area contributed by atoms with E-state index in [2.05, 4.69) is 19.6 Å². The van der Waals surface area contributed by atoms with Crippen molar-refractivity contribution in [2.75, 3.05) is 48.7 Å². The van der Waals surface area contributed by atoms with Crippen LogP contribution in [0.2, 0.25) is 0 Å². The summed E-state index contributed by atoms with van der Waals surface area (Å²) in [6.07, 6.45) is 1.55. The second-order valence-corrected chi connectivity index (χ2v) is 13.6. The number of anilines is 2. The minimum atomic E-state index is -4.35. The SMILES string of the molecule is COc1ncc(-c2ccc3nc(N)n(CCN4CCS(=O)(=O)CC4)c3c2)cc1NS(=O)(=O)C1=C(F)C=C(F)CC1. The molecule has 0 saturated carbocycles. The van der Waals surface area contributed by atoms with Crippen LogP contribution >= 0.6 is 0 Å². The van der Waals surface area contributed by atoms with Crippen LogP contribution in [0.3, 0.4) is 0 Å². The minimum Gasteiger partial charge on any atom is -0.480 e. The average molecular weight is 595 g/mol. The third-order valence-corrected chi connectivity index (χ3v) is 10.1. The molecule has 0 atom stereocenters. The molecule has 2 aromatic heterocycles. The Morgan fingerprint density at radius 1 is 1.10 bits per heavy atom. The molecule has 0 bridgehead atoms.